The van der Waals surface area contributed by atoms with Crippen molar-refractivity contribution in [3.63, 3.8) is 0 Å². The van der Waals surface area contributed by atoms with Gasteiger partial charge in [0.2, 0.25) is 0 Å². The summed E-state index contributed by atoms with van der Waals surface area (Å²) < 4.78 is 5.18. The Morgan fingerprint density at radius 3 is 2.62 bits per heavy atom. The van der Waals surface area contributed by atoms with Crippen LogP contribution in [0.1, 0.15) is 19.8 Å². The lowest BCUT2D eigenvalue weighted by molar-refractivity contribution is 0.146. The van der Waals surface area contributed by atoms with Crippen LogP contribution in [0.4, 0.5) is 0 Å². The van der Waals surface area contributed by atoms with Crippen molar-refractivity contribution in [2.24, 2.45) is 0 Å². The molecular formula is C10H22N2O. The number of hydrogen-bond donors (Lipinski definition) is 1. The van der Waals surface area contributed by atoms with E-state index >= 15 is 0 Å². The molecule has 1 unspecified atom stereocenters. The number of ether oxygens (including phenoxy) is 1. The van der Waals surface area contributed by atoms with Crippen LogP contribution in [0.3, 0.4) is 0 Å². The highest BCUT2D eigenvalue weighted by Crippen LogP contribution is 2.07. The smallest absolute Gasteiger partial charge is 0.0628 e. The van der Waals surface area contributed by atoms with Gasteiger partial charge in [0.05, 0.1) is 6.61 Å². The molecular weight excluding hydrogens is 164 g/mol. The molecule has 0 aromatic rings. The number of methoxy groups -OCH3 is 1. The molecule has 1 rings (SSSR count). The van der Waals surface area contributed by atoms with Gasteiger partial charge in [0.1, 0.15) is 0 Å². The minimum absolute atomic E-state index is 0.507. The number of hydrogen-bond acceptors (Lipinski definition) is 3. The van der Waals surface area contributed by atoms with Crippen LogP contribution in [0, 0.1) is 0 Å². The predicted molar refractivity (Wildman–Crippen MR) is 55.0 cm³/mol. The molecule has 78 valence electrons. The van der Waals surface area contributed by atoms with E-state index in [9.17, 15) is 0 Å². The van der Waals surface area contributed by atoms with Crippen LogP contribution >= 0.6 is 0 Å². The van der Waals surface area contributed by atoms with Crippen LogP contribution in [-0.2, 0) is 4.74 Å². The molecule has 0 aliphatic carbocycles. The molecule has 0 aromatic carbocycles. The summed E-state index contributed by atoms with van der Waals surface area (Å²) in [4.78, 5) is 2.52. The SMILES string of the molecule is CCNC(COC)CN1CCCC1. The quantitative estimate of drug-likeness (QED) is 0.661. The maximum Gasteiger partial charge on any atom is 0.0628 e. The van der Waals surface area contributed by atoms with Crippen molar-refractivity contribution in [1.82, 2.24) is 10.2 Å². The van der Waals surface area contributed by atoms with E-state index in [1.165, 1.54) is 25.9 Å². The number of likely N-dealkylation sites (tertiary alicyclic amines) is 1. The van der Waals surface area contributed by atoms with Crippen LogP contribution in [0.5, 0.6) is 0 Å². The lowest BCUT2D eigenvalue weighted by atomic mass is 10.3. The normalized spacial score (nSPS) is 20.8. The van der Waals surface area contributed by atoms with Crippen molar-refractivity contribution >= 4 is 0 Å². The second-order valence-electron chi connectivity index (χ2n) is 3.72. The molecule has 3 nitrogen and oxygen atoms in total. The van der Waals surface area contributed by atoms with E-state index in [-0.39, 0.29) is 0 Å². The first-order chi connectivity index (χ1) is 6.36. The first-order valence-electron chi connectivity index (χ1n) is 5.31. The first-order valence-corrected chi connectivity index (χ1v) is 5.31. The van der Waals surface area contributed by atoms with Crippen LogP contribution in [0.25, 0.3) is 0 Å². The van der Waals surface area contributed by atoms with Gasteiger partial charge in [-0.25, -0.2) is 0 Å². The molecule has 0 amide bonds. The van der Waals surface area contributed by atoms with Gasteiger partial charge in [0.25, 0.3) is 0 Å². The summed E-state index contributed by atoms with van der Waals surface area (Å²) in [5.74, 6) is 0. The van der Waals surface area contributed by atoms with Gasteiger partial charge in [-0.05, 0) is 32.5 Å². The molecule has 1 aliphatic rings. The fourth-order valence-electron chi connectivity index (χ4n) is 1.94. The average Bonchev–Trinajstić information content (AvgIpc) is 2.58. The maximum absolute atomic E-state index is 5.18. The second kappa shape index (κ2) is 6.35. The molecule has 1 aliphatic heterocycles. The Balaban J connectivity index is 2.19. The Morgan fingerprint density at radius 2 is 2.08 bits per heavy atom. The van der Waals surface area contributed by atoms with Crippen molar-refractivity contribution in [2.75, 3.05) is 39.9 Å². The van der Waals surface area contributed by atoms with E-state index in [2.05, 4.69) is 17.1 Å². The van der Waals surface area contributed by atoms with Gasteiger partial charge >= 0.3 is 0 Å². The van der Waals surface area contributed by atoms with E-state index in [1.807, 2.05) is 0 Å². The molecule has 13 heavy (non-hydrogen) atoms. The zero-order chi connectivity index (χ0) is 9.52. The monoisotopic (exact) mass is 186 g/mol. The Kier molecular flexibility index (Phi) is 5.35. The highest BCUT2D eigenvalue weighted by Gasteiger charge is 2.16. The third kappa shape index (κ3) is 4.07. The molecule has 1 saturated heterocycles. The summed E-state index contributed by atoms with van der Waals surface area (Å²) in [5, 5.41) is 3.44. The zero-order valence-electron chi connectivity index (χ0n) is 8.88. The number of nitrogens with one attached hydrogen (secondary N) is 1. The van der Waals surface area contributed by atoms with Gasteiger partial charge < -0.3 is 15.0 Å². The highest BCUT2D eigenvalue weighted by molar-refractivity contribution is 4.74. The third-order valence-electron chi connectivity index (χ3n) is 2.54. The van der Waals surface area contributed by atoms with Gasteiger partial charge in [-0.3, -0.25) is 0 Å². The van der Waals surface area contributed by atoms with E-state index in [0.29, 0.717) is 6.04 Å². The molecule has 0 aromatic heterocycles. The molecule has 0 saturated carbocycles. The third-order valence-corrected chi connectivity index (χ3v) is 2.54. The lowest BCUT2D eigenvalue weighted by Crippen LogP contribution is -2.42. The molecule has 0 bridgehead atoms. The molecule has 0 spiro atoms. The Bertz CT molecular complexity index is 118. The summed E-state index contributed by atoms with van der Waals surface area (Å²) in [6, 6.07) is 0.507. The number of likely N-dealkylation sites (N-methyl/N-ethyl adjacent to an activating group) is 1. The average molecular weight is 186 g/mol. The Hall–Kier alpha value is -0.120. The summed E-state index contributed by atoms with van der Waals surface area (Å²) in [7, 11) is 1.77. The summed E-state index contributed by atoms with van der Waals surface area (Å²) in [5.41, 5.74) is 0. The van der Waals surface area contributed by atoms with Gasteiger partial charge in [0.15, 0.2) is 0 Å². The molecule has 1 N–H and O–H groups in total. The van der Waals surface area contributed by atoms with Crippen molar-refractivity contribution < 1.29 is 4.74 Å². The van der Waals surface area contributed by atoms with E-state index in [0.717, 1.165) is 19.7 Å². The minimum Gasteiger partial charge on any atom is -0.383 e. The molecule has 1 heterocycles. The Morgan fingerprint density at radius 1 is 1.38 bits per heavy atom. The fourth-order valence-corrected chi connectivity index (χ4v) is 1.94. The summed E-state index contributed by atoms with van der Waals surface area (Å²) in [6.45, 7) is 7.68. The van der Waals surface area contributed by atoms with Gasteiger partial charge in [0, 0.05) is 19.7 Å². The van der Waals surface area contributed by atoms with Crippen LogP contribution < -0.4 is 5.32 Å². The predicted octanol–water partition coefficient (Wildman–Crippen LogP) is 0.707. The summed E-state index contributed by atoms with van der Waals surface area (Å²) >= 11 is 0. The molecule has 3 heteroatoms. The largest absolute Gasteiger partial charge is 0.383 e. The van der Waals surface area contributed by atoms with Gasteiger partial charge in [-0.2, -0.15) is 0 Å². The first kappa shape index (κ1) is 11.0. The Labute approximate surface area is 81.4 Å². The lowest BCUT2D eigenvalue weighted by Gasteiger charge is -2.23. The van der Waals surface area contributed by atoms with Crippen LogP contribution in [0.15, 0.2) is 0 Å². The molecule has 0 radical (unpaired) electrons. The van der Waals surface area contributed by atoms with Crippen molar-refractivity contribution in [2.45, 2.75) is 25.8 Å². The van der Waals surface area contributed by atoms with Gasteiger partial charge in [-0.1, -0.05) is 6.92 Å². The molecule has 1 fully saturated rings. The number of rotatable bonds is 6. The van der Waals surface area contributed by atoms with Crippen molar-refractivity contribution in [3.05, 3.63) is 0 Å². The van der Waals surface area contributed by atoms with Crippen LogP contribution in [0.2, 0.25) is 0 Å². The van der Waals surface area contributed by atoms with E-state index in [4.69, 9.17) is 4.74 Å². The topological polar surface area (TPSA) is 24.5 Å². The van der Waals surface area contributed by atoms with E-state index < -0.39 is 0 Å². The standard InChI is InChI=1S/C10H22N2O/c1-3-11-10(9-13-2)8-12-6-4-5-7-12/h10-11H,3-9H2,1-2H3. The van der Waals surface area contributed by atoms with Crippen molar-refractivity contribution in [3.8, 4) is 0 Å². The molecule has 1 atom stereocenters. The zero-order valence-corrected chi connectivity index (χ0v) is 8.88. The van der Waals surface area contributed by atoms with Crippen LogP contribution in [-0.4, -0.2) is 50.8 Å². The summed E-state index contributed by atoms with van der Waals surface area (Å²) in [6.07, 6.45) is 2.73. The highest BCUT2D eigenvalue weighted by atomic mass is 16.5. The van der Waals surface area contributed by atoms with Crippen molar-refractivity contribution in [1.29, 1.82) is 0 Å². The van der Waals surface area contributed by atoms with E-state index in [1.54, 1.807) is 7.11 Å². The number of nitrogens with zero attached hydrogens (tertiary/aromatic N) is 1. The maximum atomic E-state index is 5.18. The second-order valence-corrected chi connectivity index (χ2v) is 3.72. The minimum atomic E-state index is 0.507. The fraction of sp³-hybridized carbons (Fsp3) is 1.00. The van der Waals surface area contributed by atoms with Gasteiger partial charge in [-0.15, -0.1) is 0 Å².